The fourth-order valence-electron chi connectivity index (χ4n) is 2.42. The molecule has 0 spiro atoms. The lowest BCUT2D eigenvalue weighted by atomic mass is 10.1. The van der Waals surface area contributed by atoms with Gasteiger partial charge in [-0.25, -0.2) is 4.79 Å². The molecule has 0 unspecified atom stereocenters. The molecule has 0 amide bonds. The first kappa shape index (κ1) is 14.7. The molecule has 0 fully saturated rings. The third-order valence-electron chi connectivity index (χ3n) is 3.54. The lowest BCUT2D eigenvalue weighted by Crippen LogP contribution is -2.00. The van der Waals surface area contributed by atoms with Gasteiger partial charge in [-0.1, -0.05) is 41.4 Å². The summed E-state index contributed by atoms with van der Waals surface area (Å²) in [5, 5.41) is 1.10. The topological polar surface area (TPSA) is 39.4 Å². The van der Waals surface area contributed by atoms with E-state index in [1.165, 1.54) is 11.6 Å². The number of rotatable bonds is 3. The molecule has 22 heavy (non-hydrogen) atoms. The Kier molecular flexibility index (Phi) is 3.90. The van der Waals surface area contributed by atoms with Gasteiger partial charge < -0.3 is 9.15 Å². The Morgan fingerprint density at radius 2 is 1.95 bits per heavy atom. The van der Waals surface area contributed by atoms with E-state index in [1.54, 1.807) is 6.07 Å². The van der Waals surface area contributed by atoms with E-state index in [4.69, 9.17) is 20.8 Å². The summed E-state index contributed by atoms with van der Waals surface area (Å²) in [6, 6.07) is 13.1. The van der Waals surface area contributed by atoms with Gasteiger partial charge in [-0.05, 0) is 31.5 Å². The lowest BCUT2D eigenvalue weighted by Gasteiger charge is -2.11. The van der Waals surface area contributed by atoms with Crippen LogP contribution in [0.3, 0.4) is 0 Å². The second-order valence-corrected chi connectivity index (χ2v) is 5.66. The maximum absolute atomic E-state index is 11.5. The van der Waals surface area contributed by atoms with Crippen LogP contribution in [0.15, 0.2) is 51.7 Å². The van der Waals surface area contributed by atoms with Crippen LogP contribution in [0.4, 0.5) is 0 Å². The van der Waals surface area contributed by atoms with Gasteiger partial charge in [0.2, 0.25) is 0 Å². The largest absolute Gasteiger partial charge is 0.488 e. The number of aryl methyl sites for hydroxylation is 2. The molecule has 1 heterocycles. The van der Waals surface area contributed by atoms with Gasteiger partial charge >= 0.3 is 5.63 Å². The Balaban J connectivity index is 1.95. The van der Waals surface area contributed by atoms with Crippen molar-refractivity contribution in [2.45, 2.75) is 20.5 Å². The fraction of sp³-hybridized carbons (Fsp3) is 0.167. The molecule has 112 valence electrons. The molecule has 3 aromatic rings. The number of benzene rings is 2. The van der Waals surface area contributed by atoms with Gasteiger partial charge in [0.25, 0.3) is 0 Å². The molecule has 0 bridgehead atoms. The summed E-state index contributed by atoms with van der Waals surface area (Å²) >= 11 is 6.08. The highest BCUT2D eigenvalue weighted by atomic mass is 35.5. The second kappa shape index (κ2) is 5.85. The smallest absolute Gasteiger partial charge is 0.337 e. The highest BCUT2D eigenvalue weighted by Gasteiger charge is 2.11. The zero-order chi connectivity index (χ0) is 15.7. The average Bonchev–Trinajstić information content (AvgIpc) is 2.47. The van der Waals surface area contributed by atoms with E-state index in [2.05, 4.69) is 6.07 Å². The molecule has 0 aliphatic rings. The first-order valence-electron chi connectivity index (χ1n) is 6.96. The minimum atomic E-state index is -0.462. The van der Waals surface area contributed by atoms with Crippen molar-refractivity contribution < 1.29 is 9.15 Å². The van der Waals surface area contributed by atoms with E-state index in [0.29, 0.717) is 28.3 Å². The van der Waals surface area contributed by atoms with E-state index < -0.39 is 5.63 Å². The molecule has 2 aromatic carbocycles. The maximum atomic E-state index is 11.5. The third-order valence-corrected chi connectivity index (χ3v) is 3.85. The minimum absolute atomic E-state index is 0.389. The Morgan fingerprint density at radius 3 is 2.73 bits per heavy atom. The molecule has 0 radical (unpaired) electrons. The van der Waals surface area contributed by atoms with Gasteiger partial charge in [-0.15, -0.1) is 0 Å². The van der Waals surface area contributed by atoms with Gasteiger partial charge in [-0.2, -0.15) is 0 Å². The van der Waals surface area contributed by atoms with Crippen molar-refractivity contribution in [3.8, 4) is 5.75 Å². The molecule has 3 rings (SSSR count). The summed E-state index contributed by atoms with van der Waals surface area (Å²) in [4.78, 5) is 11.5. The molecule has 0 N–H and O–H groups in total. The predicted molar refractivity (Wildman–Crippen MR) is 87.7 cm³/mol. The number of fused-ring (bicyclic) bond motifs is 1. The van der Waals surface area contributed by atoms with Crippen molar-refractivity contribution >= 4 is 22.6 Å². The number of ether oxygens (including phenoxy) is 1. The van der Waals surface area contributed by atoms with Crippen molar-refractivity contribution in [1.82, 2.24) is 0 Å². The monoisotopic (exact) mass is 314 g/mol. The molecule has 0 saturated carbocycles. The Bertz CT molecular complexity index is 896. The second-order valence-electron chi connectivity index (χ2n) is 5.26. The van der Waals surface area contributed by atoms with Gasteiger partial charge in [0, 0.05) is 17.0 Å². The summed E-state index contributed by atoms with van der Waals surface area (Å²) in [5.74, 6) is 0.680. The molecular weight excluding hydrogens is 300 g/mol. The van der Waals surface area contributed by atoms with Crippen LogP contribution in [0.5, 0.6) is 5.75 Å². The average molecular weight is 315 g/mol. The van der Waals surface area contributed by atoms with Gasteiger partial charge in [0.15, 0.2) is 0 Å². The molecule has 1 aromatic heterocycles. The highest BCUT2D eigenvalue weighted by molar-refractivity contribution is 6.35. The molecule has 0 atom stereocenters. The minimum Gasteiger partial charge on any atom is -0.488 e. The van der Waals surface area contributed by atoms with Crippen LogP contribution in [0.2, 0.25) is 5.02 Å². The van der Waals surface area contributed by atoms with Crippen LogP contribution in [-0.2, 0) is 6.61 Å². The number of halogens is 1. The SMILES string of the molecule is Cc1cccc(COc2ccc3c(Cl)cc(=O)oc3c2C)c1. The van der Waals surface area contributed by atoms with Gasteiger partial charge in [-0.3, -0.25) is 0 Å². The normalized spacial score (nSPS) is 10.9. The quantitative estimate of drug-likeness (QED) is 0.661. The van der Waals surface area contributed by atoms with Gasteiger partial charge in [0.1, 0.15) is 17.9 Å². The summed E-state index contributed by atoms with van der Waals surface area (Å²) in [6.45, 7) is 4.35. The van der Waals surface area contributed by atoms with Gasteiger partial charge in [0.05, 0.1) is 5.02 Å². The van der Waals surface area contributed by atoms with Crippen LogP contribution in [-0.4, -0.2) is 0 Å². The van der Waals surface area contributed by atoms with E-state index >= 15 is 0 Å². The van der Waals surface area contributed by atoms with Crippen LogP contribution >= 0.6 is 11.6 Å². The number of hydrogen-bond acceptors (Lipinski definition) is 3. The van der Waals surface area contributed by atoms with E-state index in [-0.39, 0.29) is 0 Å². The van der Waals surface area contributed by atoms with Crippen LogP contribution in [0.25, 0.3) is 11.0 Å². The van der Waals surface area contributed by atoms with Crippen molar-refractivity contribution in [2.75, 3.05) is 0 Å². The molecule has 0 saturated heterocycles. The van der Waals surface area contributed by atoms with E-state index in [9.17, 15) is 4.79 Å². The Hall–Kier alpha value is -2.26. The Morgan fingerprint density at radius 1 is 1.14 bits per heavy atom. The molecule has 0 aliphatic carbocycles. The predicted octanol–water partition coefficient (Wildman–Crippen LogP) is 4.64. The fourth-order valence-corrected chi connectivity index (χ4v) is 2.66. The van der Waals surface area contributed by atoms with Crippen molar-refractivity contribution in [2.24, 2.45) is 0 Å². The molecule has 4 heteroatoms. The summed E-state index contributed by atoms with van der Waals surface area (Å²) in [5.41, 5.74) is 3.06. The zero-order valence-corrected chi connectivity index (χ0v) is 13.1. The third kappa shape index (κ3) is 2.85. The lowest BCUT2D eigenvalue weighted by molar-refractivity contribution is 0.304. The molecule has 3 nitrogen and oxygen atoms in total. The highest BCUT2D eigenvalue weighted by Crippen LogP contribution is 2.30. The molecular formula is C18H15ClO3. The standard InChI is InChI=1S/C18H15ClO3/c1-11-4-3-5-13(8-11)10-21-16-7-6-14-15(19)9-17(20)22-18(14)12(16)2/h3-9H,10H2,1-2H3. The van der Waals surface area contributed by atoms with Crippen LogP contribution < -0.4 is 10.4 Å². The summed E-state index contributed by atoms with van der Waals surface area (Å²) in [7, 11) is 0. The van der Waals surface area contributed by atoms with Crippen LogP contribution in [0.1, 0.15) is 16.7 Å². The first-order chi connectivity index (χ1) is 10.5. The van der Waals surface area contributed by atoms with Crippen molar-refractivity contribution in [3.63, 3.8) is 0 Å². The summed E-state index contributed by atoms with van der Waals surface area (Å²) < 4.78 is 11.1. The van der Waals surface area contributed by atoms with Crippen molar-refractivity contribution in [3.05, 3.63) is 74.6 Å². The first-order valence-corrected chi connectivity index (χ1v) is 7.34. The van der Waals surface area contributed by atoms with E-state index in [1.807, 2.05) is 38.1 Å². The zero-order valence-electron chi connectivity index (χ0n) is 12.4. The number of hydrogen-bond donors (Lipinski definition) is 0. The van der Waals surface area contributed by atoms with E-state index in [0.717, 1.165) is 11.1 Å². The van der Waals surface area contributed by atoms with Crippen molar-refractivity contribution in [1.29, 1.82) is 0 Å². The molecule has 0 aliphatic heterocycles. The summed E-state index contributed by atoms with van der Waals surface area (Å²) in [6.07, 6.45) is 0. The van der Waals surface area contributed by atoms with Crippen LogP contribution in [0, 0.1) is 13.8 Å². The Labute approximate surface area is 133 Å². The maximum Gasteiger partial charge on any atom is 0.337 e.